The van der Waals surface area contributed by atoms with Crippen molar-refractivity contribution in [1.82, 2.24) is 0 Å². The molecule has 6 heteroatoms. The van der Waals surface area contributed by atoms with E-state index in [-0.39, 0.29) is 17.7 Å². The van der Waals surface area contributed by atoms with Gasteiger partial charge in [0, 0.05) is 28.4 Å². The number of carbonyl (C=O) groups excluding carboxylic acids is 3. The van der Waals surface area contributed by atoms with Gasteiger partial charge in [0.15, 0.2) is 0 Å². The van der Waals surface area contributed by atoms with Crippen molar-refractivity contribution in [2.75, 3.05) is 10.6 Å². The van der Waals surface area contributed by atoms with Crippen LogP contribution in [-0.2, 0) is 4.79 Å². The van der Waals surface area contributed by atoms with Gasteiger partial charge < -0.3 is 16.4 Å². The van der Waals surface area contributed by atoms with E-state index in [1.54, 1.807) is 50.2 Å². The van der Waals surface area contributed by atoms with E-state index in [1.807, 2.05) is 0 Å². The molecule has 6 nitrogen and oxygen atoms in total. The van der Waals surface area contributed by atoms with E-state index < -0.39 is 5.91 Å². The fourth-order valence-electron chi connectivity index (χ4n) is 1.95. The lowest BCUT2D eigenvalue weighted by atomic mass is 10.1. The molecule has 0 saturated carbocycles. The standard InChI is InChI=1S/C18H19N3O3/c1-11(2)17(23)21-15-5-3-4-13(10-15)18(24)20-14-8-6-12(7-9-14)16(19)22/h3-11H,1-2H3,(H2,19,22)(H,20,24)(H,21,23). The van der Waals surface area contributed by atoms with Gasteiger partial charge in [-0.25, -0.2) is 0 Å². The molecule has 0 unspecified atom stereocenters. The molecule has 0 spiro atoms. The minimum atomic E-state index is -0.526. The number of rotatable bonds is 5. The number of anilines is 2. The molecular weight excluding hydrogens is 306 g/mol. The molecule has 3 amide bonds. The van der Waals surface area contributed by atoms with E-state index in [4.69, 9.17) is 5.73 Å². The maximum absolute atomic E-state index is 12.3. The van der Waals surface area contributed by atoms with Gasteiger partial charge in [0.05, 0.1) is 0 Å². The van der Waals surface area contributed by atoms with Crippen LogP contribution in [-0.4, -0.2) is 17.7 Å². The molecule has 2 aromatic carbocycles. The molecule has 0 bridgehead atoms. The summed E-state index contributed by atoms with van der Waals surface area (Å²) in [6, 6.07) is 12.9. The first kappa shape index (κ1) is 17.2. The van der Waals surface area contributed by atoms with Gasteiger partial charge >= 0.3 is 0 Å². The molecule has 0 radical (unpaired) electrons. The number of hydrogen-bond donors (Lipinski definition) is 3. The third kappa shape index (κ3) is 4.42. The van der Waals surface area contributed by atoms with E-state index >= 15 is 0 Å². The van der Waals surface area contributed by atoms with E-state index in [0.29, 0.717) is 22.5 Å². The Hall–Kier alpha value is -3.15. The third-order valence-corrected chi connectivity index (χ3v) is 3.34. The number of hydrogen-bond acceptors (Lipinski definition) is 3. The Kier molecular flexibility index (Phi) is 5.31. The first-order valence-electron chi connectivity index (χ1n) is 7.49. The second kappa shape index (κ2) is 7.41. The van der Waals surface area contributed by atoms with Gasteiger partial charge in [-0.05, 0) is 42.5 Å². The quantitative estimate of drug-likeness (QED) is 0.787. The summed E-state index contributed by atoms with van der Waals surface area (Å²) in [7, 11) is 0. The van der Waals surface area contributed by atoms with Crippen LogP contribution >= 0.6 is 0 Å². The Morgan fingerprint density at radius 1 is 0.875 bits per heavy atom. The highest BCUT2D eigenvalue weighted by molar-refractivity contribution is 6.05. The van der Waals surface area contributed by atoms with Crippen LogP contribution in [0.1, 0.15) is 34.6 Å². The van der Waals surface area contributed by atoms with Gasteiger partial charge in [-0.2, -0.15) is 0 Å². The molecule has 2 rings (SSSR count). The third-order valence-electron chi connectivity index (χ3n) is 3.34. The van der Waals surface area contributed by atoms with Gasteiger partial charge in [-0.3, -0.25) is 14.4 Å². The van der Waals surface area contributed by atoms with Crippen molar-refractivity contribution in [2.45, 2.75) is 13.8 Å². The van der Waals surface area contributed by atoms with Gasteiger partial charge in [0.1, 0.15) is 0 Å². The van der Waals surface area contributed by atoms with Gasteiger partial charge in [-0.1, -0.05) is 19.9 Å². The van der Waals surface area contributed by atoms with Crippen LogP contribution in [0.2, 0.25) is 0 Å². The minimum absolute atomic E-state index is 0.116. The summed E-state index contributed by atoms with van der Waals surface area (Å²) in [5, 5.41) is 5.47. The summed E-state index contributed by atoms with van der Waals surface area (Å²) < 4.78 is 0. The molecule has 0 atom stereocenters. The zero-order chi connectivity index (χ0) is 17.7. The molecular formula is C18H19N3O3. The van der Waals surface area contributed by atoms with Crippen LogP contribution in [0.5, 0.6) is 0 Å². The lowest BCUT2D eigenvalue weighted by Crippen LogP contribution is -2.18. The van der Waals surface area contributed by atoms with E-state index in [0.717, 1.165) is 0 Å². The monoisotopic (exact) mass is 325 g/mol. The second-order valence-corrected chi connectivity index (χ2v) is 5.62. The summed E-state index contributed by atoms with van der Waals surface area (Å²) in [5.74, 6) is -1.11. The van der Waals surface area contributed by atoms with Crippen molar-refractivity contribution in [3.63, 3.8) is 0 Å². The highest BCUT2D eigenvalue weighted by Crippen LogP contribution is 2.15. The Bertz CT molecular complexity index is 767. The Morgan fingerprint density at radius 3 is 2.12 bits per heavy atom. The summed E-state index contributed by atoms with van der Waals surface area (Å²) in [5.41, 5.74) is 7.06. The molecule has 4 N–H and O–H groups in total. The van der Waals surface area contributed by atoms with Crippen LogP contribution in [0.15, 0.2) is 48.5 Å². The largest absolute Gasteiger partial charge is 0.366 e. The van der Waals surface area contributed by atoms with Crippen molar-refractivity contribution in [3.05, 3.63) is 59.7 Å². The predicted molar refractivity (Wildman–Crippen MR) is 92.8 cm³/mol. The molecule has 0 aromatic heterocycles. The fraction of sp³-hybridized carbons (Fsp3) is 0.167. The molecule has 24 heavy (non-hydrogen) atoms. The van der Waals surface area contributed by atoms with Crippen molar-refractivity contribution < 1.29 is 14.4 Å². The SMILES string of the molecule is CC(C)C(=O)Nc1cccc(C(=O)Nc2ccc(C(N)=O)cc2)c1. The number of nitrogens with two attached hydrogens (primary N) is 1. The Morgan fingerprint density at radius 2 is 1.54 bits per heavy atom. The van der Waals surface area contributed by atoms with E-state index in [9.17, 15) is 14.4 Å². The Balaban J connectivity index is 2.09. The number of benzene rings is 2. The topological polar surface area (TPSA) is 101 Å². The molecule has 0 aliphatic carbocycles. The second-order valence-electron chi connectivity index (χ2n) is 5.62. The number of carbonyl (C=O) groups is 3. The van der Waals surface area contributed by atoms with Gasteiger partial charge in [0.25, 0.3) is 5.91 Å². The van der Waals surface area contributed by atoms with Crippen molar-refractivity contribution >= 4 is 29.1 Å². The molecule has 0 aliphatic heterocycles. The minimum Gasteiger partial charge on any atom is -0.366 e. The maximum atomic E-state index is 12.3. The molecule has 124 valence electrons. The number of nitrogens with one attached hydrogen (secondary N) is 2. The van der Waals surface area contributed by atoms with Crippen molar-refractivity contribution in [2.24, 2.45) is 11.7 Å². The molecule has 2 aromatic rings. The smallest absolute Gasteiger partial charge is 0.255 e. The molecule has 0 saturated heterocycles. The average Bonchev–Trinajstić information content (AvgIpc) is 2.55. The number of primary amides is 1. The lowest BCUT2D eigenvalue weighted by molar-refractivity contribution is -0.118. The van der Waals surface area contributed by atoms with E-state index in [2.05, 4.69) is 10.6 Å². The average molecular weight is 325 g/mol. The van der Waals surface area contributed by atoms with Crippen LogP contribution in [0.4, 0.5) is 11.4 Å². The fourth-order valence-corrected chi connectivity index (χ4v) is 1.95. The van der Waals surface area contributed by atoms with Gasteiger partial charge in [-0.15, -0.1) is 0 Å². The number of amides is 3. The Labute approximate surface area is 140 Å². The van der Waals surface area contributed by atoms with Crippen LogP contribution < -0.4 is 16.4 Å². The van der Waals surface area contributed by atoms with E-state index in [1.165, 1.54) is 12.1 Å². The summed E-state index contributed by atoms with van der Waals surface area (Å²) in [6.45, 7) is 3.59. The van der Waals surface area contributed by atoms with Crippen molar-refractivity contribution in [3.8, 4) is 0 Å². The van der Waals surface area contributed by atoms with Gasteiger partial charge in [0.2, 0.25) is 11.8 Å². The molecule has 0 fully saturated rings. The zero-order valence-electron chi connectivity index (χ0n) is 13.5. The summed E-state index contributed by atoms with van der Waals surface area (Å²) >= 11 is 0. The first-order valence-corrected chi connectivity index (χ1v) is 7.49. The van der Waals surface area contributed by atoms with Crippen LogP contribution in [0.25, 0.3) is 0 Å². The molecule has 0 heterocycles. The normalized spacial score (nSPS) is 10.3. The summed E-state index contributed by atoms with van der Waals surface area (Å²) in [4.78, 5) is 35.0. The lowest BCUT2D eigenvalue weighted by Gasteiger charge is -2.10. The predicted octanol–water partition coefficient (Wildman–Crippen LogP) is 2.63. The summed E-state index contributed by atoms with van der Waals surface area (Å²) in [6.07, 6.45) is 0. The molecule has 0 aliphatic rings. The van der Waals surface area contributed by atoms with Crippen LogP contribution in [0.3, 0.4) is 0 Å². The maximum Gasteiger partial charge on any atom is 0.255 e. The zero-order valence-corrected chi connectivity index (χ0v) is 13.5. The highest BCUT2D eigenvalue weighted by Gasteiger charge is 2.10. The first-order chi connectivity index (χ1) is 11.4. The van der Waals surface area contributed by atoms with Crippen molar-refractivity contribution in [1.29, 1.82) is 0 Å². The highest BCUT2D eigenvalue weighted by atomic mass is 16.2. The van der Waals surface area contributed by atoms with Crippen LogP contribution in [0, 0.1) is 5.92 Å².